The van der Waals surface area contributed by atoms with Crippen LogP contribution in [-0.2, 0) is 4.79 Å². The smallest absolute Gasteiger partial charge is 0.255 e. The summed E-state index contributed by atoms with van der Waals surface area (Å²) < 4.78 is 0. The molecule has 27 heavy (non-hydrogen) atoms. The van der Waals surface area contributed by atoms with Crippen LogP contribution in [0.2, 0.25) is 0 Å². The molecule has 2 atom stereocenters. The Morgan fingerprint density at radius 2 is 1.81 bits per heavy atom. The number of carbonyl (C=O) groups is 2. The van der Waals surface area contributed by atoms with Gasteiger partial charge in [-0.1, -0.05) is 25.1 Å². The second-order valence-corrected chi connectivity index (χ2v) is 9.30. The molecule has 142 valence electrons. The molecule has 2 heterocycles. The quantitative estimate of drug-likeness (QED) is 0.714. The van der Waals surface area contributed by atoms with E-state index in [-0.39, 0.29) is 17.7 Å². The number of hydrogen-bond acceptors (Lipinski definition) is 4. The highest BCUT2D eigenvalue weighted by atomic mass is 32.2. The fraction of sp³-hybridized carbons (Fsp3) is 0.429. The van der Waals surface area contributed by atoms with Crippen LogP contribution in [0.25, 0.3) is 0 Å². The van der Waals surface area contributed by atoms with E-state index in [1.54, 1.807) is 23.1 Å². The van der Waals surface area contributed by atoms with Gasteiger partial charge in [-0.05, 0) is 35.8 Å². The number of rotatable bonds is 5. The summed E-state index contributed by atoms with van der Waals surface area (Å²) in [6.45, 7) is 4.61. The summed E-state index contributed by atoms with van der Waals surface area (Å²) >= 11 is 3.44. The lowest BCUT2D eigenvalue weighted by Crippen LogP contribution is -2.51. The number of benzene rings is 1. The molecule has 1 aromatic carbocycles. The van der Waals surface area contributed by atoms with Crippen LogP contribution in [-0.4, -0.2) is 53.5 Å². The molecule has 1 aliphatic carbocycles. The van der Waals surface area contributed by atoms with Gasteiger partial charge in [0.2, 0.25) is 5.91 Å². The van der Waals surface area contributed by atoms with Gasteiger partial charge >= 0.3 is 0 Å². The summed E-state index contributed by atoms with van der Waals surface area (Å²) in [5, 5.41) is 2.08. The molecule has 2 aromatic rings. The van der Waals surface area contributed by atoms with Crippen LogP contribution < -0.4 is 0 Å². The molecule has 1 saturated heterocycles. The summed E-state index contributed by atoms with van der Waals surface area (Å²) in [4.78, 5) is 31.9. The van der Waals surface area contributed by atoms with Crippen molar-refractivity contribution in [3.05, 3.63) is 52.2 Å². The predicted octanol–water partition coefficient (Wildman–Crippen LogP) is 3.95. The zero-order valence-corrected chi connectivity index (χ0v) is 17.1. The first-order chi connectivity index (χ1) is 13.2. The van der Waals surface area contributed by atoms with E-state index in [0.29, 0.717) is 32.1 Å². The molecule has 2 amide bonds. The van der Waals surface area contributed by atoms with Gasteiger partial charge in [0.1, 0.15) is 0 Å². The third kappa shape index (κ3) is 3.92. The predicted molar refractivity (Wildman–Crippen MR) is 110 cm³/mol. The van der Waals surface area contributed by atoms with Gasteiger partial charge in [-0.3, -0.25) is 9.59 Å². The van der Waals surface area contributed by atoms with Crippen molar-refractivity contribution in [2.24, 2.45) is 5.92 Å². The van der Waals surface area contributed by atoms with E-state index in [1.165, 1.54) is 4.88 Å². The van der Waals surface area contributed by atoms with Gasteiger partial charge in [0.15, 0.2) is 0 Å². The lowest BCUT2D eigenvalue weighted by molar-refractivity contribution is -0.134. The van der Waals surface area contributed by atoms with E-state index in [9.17, 15) is 9.59 Å². The molecule has 0 spiro atoms. The molecule has 2 unspecified atom stereocenters. The zero-order chi connectivity index (χ0) is 18.8. The zero-order valence-electron chi connectivity index (χ0n) is 15.5. The Balaban J connectivity index is 1.34. The van der Waals surface area contributed by atoms with E-state index >= 15 is 0 Å². The molecule has 4 rings (SSSR count). The Morgan fingerprint density at radius 3 is 2.52 bits per heavy atom. The third-order valence-electron chi connectivity index (χ3n) is 5.31. The maximum absolute atomic E-state index is 12.9. The van der Waals surface area contributed by atoms with Crippen molar-refractivity contribution in [2.45, 2.75) is 24.2 Å². The Morgan fingerprint density at radius 1 is 1.07 bits per heavy atom. The average Bonchev–Trinajstić information content (AvgIpc) is 3.32. The number of thiophene rings is 1. The highest BCUT2D eigenvalue weighted by Crippen LogP contribution is 2.50. The van der Waals surface area contributed by atoms with Gasteiger partial charge in [0.25, 0.3) is 5.91 Å². The largest absolute Gasteiger partial charge is 0.339 e. The Labute approximate surface area is 168 Å². The number of thioether (sulfide) groups is 1. The van der Waals surface area contributed by atoms with Gasteiger partial charge in [0, 0.05) is 47.8 Å². The molecule has 1 aromatic heterocycles. The van der Waals surface area contributed by atoms with Gasteiger partial charge in [-0.15, -0.1) is 23.1 Å². The molecule has 1 saturated carbocycles. The molecular formula is C21H24N2O2S2. The van der Waals surface area contributed by atoms with Crippen LogP contribution in [0.3, 0.4) is 0 Å². The second-order valence-electron chi connectivity index (χ2n) is 7.01. The van der Waals surface area contributed by atoms with Crippen molar-refractivity contribution >= 4 is 34.9 Å². The molecule has 0 bridgehead atoms. The average molecular weight is 401 g/mol. The molecule has 1 aliphatic heterocycles. The third-order valence-corrected chi connectivity index (χ3v) is 7.27. The lowest BCUT2D eigenvalue weighted by Gasteiger charge is -2.35. The number of amides is 2. The van der Waals surface area contributed by atoms with E-state index in [1.807, 2.05) is 34.1 Å². The molecule has 6 heteroatoms. The van der Waals surface area contributed by atoms with Gasteiger partial charge in [-0.25, -0.2) is 0 Å². The molecule has 0 N–H and O–H groups in total. The Bertz CT molecular complexity index is 813. The normalized spacial score (nSPS) is 22.0. The van der Waals surface area contributed by atoms with E-state index < -0.39 is 0 Å². The minimum atomic E-state index is 0.0848. The Hall–Kier alpha value is -1.79. The van der Waals surface area contributed by atoms with E-state index in [4.69, 9.17) is 0 Å². The van der Waals surface area contributed by atoms with Crippen LogP contribution in [0.4, 0.5) is 0 Å². The van der Waals surface area contributed by atoms with Crippen molar-refractivity contribution in [3.63, 3.8) is 0 Å². The highest BCUT2D eigenvalue weighted by Gasteiger charge is 2.46. The topological polar surface area (TPSA) is 40.6 Å². The fourth-order valence-corrected chi connectivity index (χ4v) is 5.45. The van der Waals surface area contributed by atoms with Crippen LogP contribution in [0.15, 0.2) is 46.7 Å². The van der Waals surface area contributed by atoms with Gasteiger partial charge < -0.3 is 9.80 Å². The maximum Gasteiger partial charge on any atom is 0.255 e. The van der Waals surface area contributed by atoms with Crippen molar-refractivity contribution < 1.29 is 9.59 Å². The van der Waals surface area contributed by atoms with E-state index in [0.717, 1.165) is 22.6 Å². The van der Waals surface area contributed by atoms with Crippen LogP contribution in [0.1, 0.15) is 34.5 Å². The number of piperazine rings is 1. The lowest BCUT2D eigenvalue weighted by atomic mass is 10.1. The van der Waals surface area contributed by atoms with Crippen molar-refractivity contribution in [2.75, 3.05) is 31.9 Å². The summed E-state index contributed by atoms with van der Waals surface area (Å²) in [6, 6.07) is 12.0. The number of carbonyl (C=O) groups excluding carboxylic acids is 2. The van der Waals surface area contributed by atoms with Crippen LogP contribution in [0.5, 0.6) is 0 Å². The van der Waals surface area contributed by atoms with Gasteiger partial charge in [-0.2, -0.15) is 0 Å². The van der Waals surface area contributed by atoms with Crippen molar-refractivity contribution in [1.82, 2.24) is 9.80 Å². The molecule has 2 fully saturated rings. The standard InChI is InChI=1S/C21H24N2O2S2/c1-2-26-18-7-4-3-6-15(18)20(24)22-9-11-23(12-10-22)21(25)17-14-16(17)19-8-5-13-27-19/h3-8,13,16-17H,2,9-12,14H2,1H3. The first kappa shape index (κ1) is 18.6. The molecule has 4 nitrogen and oxygen atoms in total. The van der Waals surface area contributed by atoms with Crippen LogP contribution >= 0.6 is 23.1 Å². The molecular weight excluding hydrogens is 376 g/mol. The van der Waals surface area contributed by atoms with Crippen molar-refractivity contribution in [3.8, 4) is 0 Å². The minimum absolute atomic E-state index is 0.0848. The first-order valence-corrected chi connectivity index (χ1v) is 11.4. The minimum Gasteiger partial charge on any atom is -0.339 e. The molecule has 2 aliphatic rings. The van der Waals surface area contributed by atoms with Gasteiger partial charge in [0.05, 0.1) is 5.56 Å². The fourth-order valence-electron chi connectivity index (χ4n) is 3.74. The maximum atomic E-state index is 12.9. The first-order valence-electron chi connectivity index (χ1n) is 9.52. The second kappa shape index (κ2) is 8.07. The molecule has 0 radical (unpaired) electrons. The van der Waals surface area contributed by atoms with E-state index in [2.05, 4.69) is 24.4 Å². The number of nitrogens with zero attached hydrogens (tertiary/aromatic N) is 2. The van der Waals surface area contributed by atoms with Crippen molar-refractivity contribution in [1.29, 1.82) is 0 Å². The SMILES string of the molecule is CCSc1ccccc1C(=O)N1CCN(C(=O)C2CC2c2cccs2)CC1. The highest BCUT2D eigenvalue weighted by molar-refractivity contribution is 7.99. The monoisotopic (exact) mass is 400 g/mol. The summed E-state index contributed by atoms with van der Waals surface area (Å²) in [5.74, 6) is 1.85. The number of hydrogen-bond donors (Lipinski definition) is 0. The summed E-state index contributed by atoms with van der Waals surface area (Å²) in [6.07, 6.45) is 0.972. The Kier molecular flexibility index (Phi) is 5.55. The summed E-state index contributed by atoms with van der Waals surface area (Å²) in [5.41, 5.74) is 0.782. The summed E-state index contributed by atoms with van der Waals surface area (Å²) in [7, 11) is 0. The van der Waals surface area contributed by atoms with Crippen LogP contribution in [0, 0.1) is 5.92 Å².